The Morgan fingerprint density at radius 3 is 1.68 bits per heavy atom. The first-order valence-electron chi connectivity index (χ1n) is 7.55. The molecule has 19 heavy (non-hydrogen) atoms. The number of nitrogens with zero attached hydrogens (tertiary/aromatic N) is 1. The predicted octanol–water partition coefficient (Wildman–Crippen LogP) is 5.10. The standard InChI is InChI=1S/C16H28N.C2H6/c1-15(2,3)12-14(16(4,5)6)13-8-10-17(7)11-9-13;1-2/h8-11,14H,12H2,1-7H3;1-2H3/q+1;. The summed E-state index contributed by atoms with van der Waals surface area (Å²) in [7, 11) is 2.07. The molecule has 0 amide bonds. The third-order valence-electron chi connectivity index (χ3n) is 3.27. The zero-order chi connectivity index (χ0) is 15.3. The Morgan fingerprint density at radius 2 is 1.37 bits per heavy atom. The third kappa shape index (κ3) is 6.75. The van der Waals surface area contributed by atoms with Crippen LogP contribution in [0.15, 0.2) is 24.5 Å². The molecule has 1 nitrogen and oxygen atoms in total. The van der Waals surface area contributed by atoms with E-state index in [0.29, 0.717) is 16.7 Å². The summed E-state index contributed by atoms with van der Waals surface area (Å²) in [6.45, 7) is 18.0. The van der Waals surface area contributed by atoms with Gasteiger partial charge in [0.2, 0.25) is 0 Å². The average molecular weight is 264 g/mol. The van der Waals surface area contributed by atoms with Crippen molar-refractivity contribution in [2.75, 3.05) is 0 Å². The Morgan fingerprint density at radius 1 is 0.947 bits per heavy atom. The highest BCUT2D eigenvalue weighted by atomic mass is 14.9. The molecule has 0 aliphatic heterocycles. The Kier molecular flexibility index (Phi) is 6.76. The summed E-state index contributed by atoms with van der Waals surface area (Å²) in [6, 6.07) is 4.53. The number of rotatable bonds is 2. The normalized spacial score (nSPS) is 13.5. The molecule has 1 aromatic heterocycles. The smallest absolute Gasteiger partial charge is 0.168 e. The fraction of sp³-hybridized carbons (Fsp3) is 0.722. The second kappa shape index (κ2) is 7.07. The zero-order valence-corrected chi connectivity index (χ0v) is 14.5. The van der Waals surface area contributed by atoms with E-state index in [9.17, 15) is 0 Å². The first-order chi connectivity index (χ1) is 8.59. The third-order valence-corrected chi connectivity index (χ3v) is 3.27. The molecule has 0 aliphatic rings. The van der Waals surface area contributed by atoms with Crippen molar-refractivity contribution < 1.29 is 4.57 Å². The van der Waals surface area contributed by atoms with Crippen LogP contribution in [0.2, 0.25) is 0 Å². The highest BCUT2D eigenvalue weighted by Crippen LogP contribution is 2.42. The van der Waals surface area contributed by atoms with Gasteiger partial charge in [0, 0.05) is 12.1 Å². The van der Waals surface area contributed by atoms with Crippen LogP contribution >= 0.6 is 0 Å². The number of aromatic nitrogens is 1. The lowest BCUT2D eigenvalue weighted by molar-refractivity contribution is -0.671. The summed E-state index contributed by atoms with van der Waals surface area (Å²) in [5.41, 5.74) is 2.15. The van der Waals surface area contributed by atoms with E-state index in [4.69, 9.17) is 0 Å². The van der Waals surface area contributed by atoms with Crippen LogP contribution in [0.4, 0.5) is 0 Å². The van der Waals surface area contributed by atoms with E-state index in [0.717, 1.165) is 0 Å². The van der Waals surface area contributed by atoms with Crippen molar-refractivity contribution in [3.05, 3.63) is 30.1 Å². The summed E-state index contributed by atoms with van der Waals surface area (Å²) < 4.78 is 2.10. The second-order valence-electron chi connectivity index (χ2n) is 7.48. The molecule has 0 aromatic carbocycles. The van der Waals surface area contributed by atoms with Gasteiger partial charge in [0.1, 0.15) is 7.05 Å². The molecule has 1 rings (SSSR count). The van der Waals surface area contributed by atoms with Gasteiger partial charge < -0.3 is 0 Å². The molecule has 1 heteroatoms. The monoisotopic (exact) mass is 264 g/mol. The van der Waals surface area contributed by atoms with Gasteiger partial charge in [0.25, 0.3) is 0 Å². The Hall–Kier alpha value is -0.850. The zero-order valence-electron chi connectivity index (χ0n) is 14.5. The van der Waals surface area contributed by atoms with Crippen LogP contribution in [-0.4, -0.2) is 0 Å². The minimum absolute atomic E-state index is 0.313. The lowest BCUT2D eigenvalue weighted by Crippen LogP contribution is -2.28. The summed E-state index contributed by atoms with van der Waals surface area (Å²) in [5.74, 6) is 0.615. The number of hydrogen-bond acceptors (Lipinski definition) is 0. The number of pyridine rings is 1. The molecule has 1 atom stereocenters. The molecule has 0 saturated heterocycles. The fourth-order valence-corrected chi connectivity index (χ4v) is 2.28. The highest BCUT2D eigenvalue weighted by Gasteiger charge is 2.30. The lowest BCUT2D eigenvalue weighted by atomic mass is 9.69. The van der Waals surface area contributed by atoms with Crippen LogP contribution in [-0.2, 0) is 7.05 Å². The van der Waals surface area contributed by atoms with Crippen molar-refractivity contribution >= 4 is 0 Å². The van der Waals surface area contributed by atoms with Gasteiger partial charge in [-0.2, -0.15) is 0 Å². The molecular formula is C18H34N+. The van der Waals surface area contributed by atoms with Gasteiger partial charge in [0.05, 0.1) is 0 Å². The van der Waals surface area contributed by atoms with Gasteiger partial charge in [-0.1, -0.05) is 55.4 Å². The van der Waals surface area contributed by atoms with Gasteiger partial charge in [-0.05, 0) is 28.7 Å². The van der Waals surface area contributed by atoms with Gasteiger partial charge in [-0.3, -0.25) is 0 Å². The van der Waals surface area contributed by atoms with E-state index in [1.54, 1.807) is 0 Å². The Balaban J connectivity index is 0.00000154. The molecule has 0 bridgehead atoms. The Bertz CT molecular complexity index is 349. The van der Waals surface area contributed by atoms with E-state index < -0.39 is 0 Å². The van der Waals surface area contributed by atoms with E-state index in [1.807, 2.05) is 13.8 Å². The highest BCUT2D eigenvalue weighted by molar-refractivity contribution is 5.17. The van der Waals surface area contributed by atoms with Crippen molar-refractivity contribution in [2.45, 2.75) is 67.7 Å². The quantitative estimate of drug-likeness (QED) is 0.654. The predicted molar refractivity (Wildman–Crippen MR) is 85.2 cm³/mol. The topological polar surface area (TPSA) is 3.88 Å². The molecule has 0 radical (unpaired) electrons. The van der Waals surface area contributed by atoms with Crippen molar-refractivity contribution in [2.24, 2.45) is 17.9 Å². The first-order valence-corrected chi connectivity index (χ1v) is 7.55. The molecular weight excluding hydrogens is 230 g/mol. The fourth-order valence-electron chi connectivity index (χ4n) is 2.28. The largest absolute Gasteiger partial charge is 0.208 e. The molecule has 110 valence electrons. The van der Waals surface area contributed by atoms with E-state index >= 15 is 0 Å². The van der Waals surface area contributed by atoms with Crippen molar-refractivity contribution in [1.82, 2.24) is 0 Å². The molecule has 0 aliphatic carbocycles. The summed E-state index contributed by atoms with van der Waals surface area (Å²) in [4.78, 5) is 0. The summed E-state index contributed by atoms with van der Waals surface area (Å²) in [5, 5.41) is 0. The maximum atomic E-state index is 2.34. The van der Waals surface area contributed by atoms with Crippen LogP contribution in [0.1, 0.15) is 73.3 Å². The van der Waals surface area contributed by atoms with Gasteiger partial charge in [-0.25, -0.2) is 4.57 Å². The van der Waals surface area contributed by atoms with Crippen molar-refractivity contribution in [3.63, 3.8) is 0 Å². The maximum Gasteiger partial charge on any atom is 0.168 e. The average Bonchev–Trinajstić information content (AvgIpc) is 2.27. The first kappa shape index (κ1) is 18.1. The number of hydrogen-bond donors (Lipinski definition) is 0. The van der Waals surface area contributed by atoms with Gasteiger partial charge in [0.15, 0.2) is 12.4 Å². The van der Waals surface area contributed by atoms with Gasteiger partial charge in [-0.15, -0.1) is 0 Å². The van der Waals surface area contributed by atoms with Gasteiger partial charge >= 0.3 is 0 Å². The van der Waals surface area contributed by atoms with E-state index in [2.05, 4.69) is 77.7 Å². The molecule has 0 spiro atoms. The van der Waals surface area contributed by atoms with Crippen molar-refractivity contribution in [3.8, 4) is 0 Å². The Labute approximate surface area is 121 Å². The summed E-state index contributed by atoms with van der Waals surface area (Å²) >= 11 is 0. The lowest BCUT2D eigenvalue weighted by Gasteiger charge is -2.35. The minimum Gasteiger partial charge on any atom is -0.208 e. The molecule has 0 N–H and O–H groups in total. The van der Waals surface area contributed by atoms with Crippen LogP contribution in [0.3, 0.4) is 0 Å². The molecule has 0 fully saturated rings. The van der Waals surface area contributed by atoms with Crippen LogP contribution in [0, 0.1) is 10.8 Å². The SMILES string of the molecule is CC.C[n+]1ccc(C(CC(C)(C)C)C(C)(C)C)cc1. The summed E-state index contributed by atoms with van der Waals surface area (Å²) in [6.07, 6.45) is 5.53. The molecule has 0 saturated carbocycles. The minimum atomic E-state index is 0.313. The van der Waals surface area contributed by atoms with Crippen LogP contribution in [0.25, 0.3) is 0 Å². The van der Waals surface area contributed by atoms with E-state index in [-0.39, 0.29) is 0 Å². The maximum absolute atomic E-state index is 2.34. The molecule has 1 aromatic rings. The van der Waals surface area contributed by atoms with Crippen molar-refractivity contribution in [1.29, 1.82) is 0 Å². The van der Waals surface area contributed by atoms with Crippen LogP contribution in [0.5, 0.6) is 0 Å². The molecule has 1 heterocycles. The number of aryl methyl sites for hydroxylation is 1. The second-order valence-corrected chi connectivity index (χ2v) is 7.48. The molecule has 1 unspecified atom stereocenters. The van der Waals surface area contributed by atoms with Crippen LogP contribution < -0.4 is 4.57 Å². The van der Waals surface area contributed by atoms with E-state index in [1.165, 1.54) is 12.0 Å².